The highest BCUT2D eigenvalue weighted by Gasteiger charge is 2.11. The minimum Gasteiger partial charge on any atom is -0.496 e. The van der Waals surface area contributed by atoms with Gasteiger partial charge in [0.2, 0.25) is 5.91 Å². The molecule has 0 saturated carbocycles. The van der Waals surface area contributed by atoms with Crippen molar-refractivity contribution in [2.75, 3.05) is 32.6 Å². The van der Waals surface area contributed by atoms with E-state index in [9.17, 15) is 4.79 Å². The number of ether oxygens (including phenoxy) is 2. The Labute approximate surface area is 107 Å². The minimum atomic E-state index is -0.110. The van der Waals surface area contributed by atoms with Gasteiger partial charge in [0.25, 0.3) is 0 Å². The Balaban J connectivity index is 2.89. The molecule has 5 nitrogen and oxygen atoms in total. The third-order valence-corrected chi connectivity index (χ3v) is 2.53. The van der Waals surface area contributed by atoms with Crippen molar-refractivity contribution in [3.63, 3.8) is 0 Å². The molecule has 1 aromatic carbocycles. The predicted octanol–water partition coefficient (Wildman–Crippen LogP) is 1.56. The smallest absolute Gasteiger partial charge is 0.238 e. The third-order valence-electron chi connectivity index (χ3n) is 2.53. The van der Waals surface area contributed by atoms with Crippen molar-refractivity contribution in [3.05, 3.63) is 17.7 Å². The lowest BCUT2D eigenvalue weighted by Gasteiger charge is -2.14. The SMILES string of the molecule is CCNCC(=O)Nc1cc(OC)c(C)cc1OC. The molecule has 0 unspecified atom stereocenters. The van der Waals surface area contributed by atoms with Crippen LogP contribution in [0.2, 0.25) is 0 Å². The second-order valence-corrected chi connectivity index (χ2v) is 3.85. The van der Waals surface area contributed by atoms with Gasteiger partial charge in [-0.1, -0.05) is 6.92 Å². The first-order chi connectivity index (χ1) is 8.62. The number of rotatable bonds is 6. The average Bonchev–Trinajstić information content (AvgIpc) is 2.37. The molecule has 0 spiro atoms. The largest absolute Gasteiger partial charge is 0.496 e. The van der Waals surface area contributed by atoms with Crippen LogP contribution in [0.25, 0.3) is 0 Å². The van der Waals surface area contributed by atoms with Crippen molar-refractivity contribution in [1.29, 1.82) is 0 Å². The van der Waals surface area contributed by atoms with Crippen LogP contribution >= 0.6 is 0 Å². The van der Waals surface area contributed by atoms with Gasteiger partial charge < -0.3 is 20.1 Å². The van der Waals surface area contributed by atoms with Gasteiger partial charge in [-0.05, 0) is 25.1 Å². The molecule has 0 fully saturated rings. The Morgan fingerprint density at radius 3 is 2.44 bits per heavy atom. The van der Waals surface area contributed by atoms with Gasteiger partial charge in [-0.25, -0.2) is 0 Å². The number of hydrogen-bond acceptors (Lipinski definition) is 4. The van der Waals surface area contributed by atoms with Crippen LogP contribution in [0.15, 0.2) is 12.1 Å². The highest BCUT2D eigenvalue weighted by Crippen LogP contribution is 2.32. The average molecular weight is 252 g/mol. The summed E-state index contributed by atoms with van der Waals surface area (Å²) in [6, 6.07) is 3.60. The molecule has 100 valence electrons. The first-order valence-electron chi connectivity index (χ1n) is 5.85. The zero-order chi connectivity index (χ0) is 13.5. The van der Waals surface area contributed by atoms with Gasteiger partial charge in [0.1, 0.15) is 11.5 Å². The number of anilines is 1. The van der Waals surface area contributed by atoms with E-state index in [1.165, 1.54) is 0 Å². The summed E-state index contributed by atoms with van der Waals surface area (Å²) in [6.07, 6.45) is 0. The van der Waals surface area contributed by atoms with Crippen molar-refractivity contribution < 1.29 is 14.3 Å². The molecule has 0 radical (unpaired) electrons. The number of benzene rings is 1. The molecule has 1 amide bonds. The molecule has 2 N–H and O–H groups in total. The van der Waals surface area contributed by atoms with Gasteiger partial charge in [0.15, 0.2) is 0 Å². The summed E-state index contributed by atoms with van der Waals surface area (Å²) in [5.41, 5.74) is 1.57. The van der Waals surface area contributed by atoms with Gasteiger partial charge >= 0.3 is 0 Å². The summed E-state index contributed by atoms with van der Waals surface area (Å²) in [5.74, 6) is 1.23. The van der Waals surface area contributed by atoms with E-state index < -0.39 is 0 Å². The summed E-state index contributed by atoms with van der Waals surface area (Å²) in [5, 5.41) is 5.75. The van der Waals surface area contributed by atoms with E-state index in [4.69, 9.17) is 9.47 Å². The molecule has 0 heterocycles. The third kappa shape index (κ3) is 3.63. The van der Waals surface area contributed by atoms with Gasteiger partial charge in [-0.3, -0.25) is 4.79 Å². The topological polar surface area (TPSA) is 59.6 Å². The number of hydrogen-bond donors (Lipinski definition) is 2. The number of aryl methyl sites for hydroxylation is 1. The van der Waals surface area contributed by atoms with E-state index in [1.807, 2.05) is 19.9 Å². The predicted molar refractivity (Wildman–Crippen MR) is 71.5 cm³/mol. The molecule has 1 aromatic rings. The quantitative estimate of drug-likeness (QED) is 0.806. The second-order valence-electron chi connectivity index (χ2n) is 3.85. The summed E-state index contributed by atoms with van der Waals surface area (Å²) < 4.78 is 10.5. The first-order valence-corrected chi connectivity index (χ1v) is 5.85. The molecule has 0 bridgehead atoms. The summed E-state index contributed by atoms with van der Waals surface area (Å²) in [4.78, 5) is 11.7. The summed E-state index contributed by atoms with van der Waals surface area (Å²) >= 11 is 0. The van der Waals surface area contributed by atoms with E-state index in [0.717, 1.165) is 17.9 Å². The monoisotopic (exact) mass is 252 g/mol. The lowest BCUT2D eigenvalue weighted by atomic mass is 10.2. The summed E-state index contributed by atoms with van der Waals surface area (Å²) in [6.45, 7) is 4.89. The fourth-order valence-electron chi connectivity index (χ4n) is 1.58. The van der Waals surface area contributed by atoms with Crippen LogP contribution in [-0.4, -0.2) is 33.2 Å². The number of methoxy groups -OCH3 is 2. The van der Waals surface area contributed by atoms with Crippen LogP contribution in [0, 0.1) is 6.92 Å². The number of carbonyl (C=O) groups excluding carboxylic acids is 1. The maximum atomic E-state index is 11.7. The maximum absolute atomic E-state index is 11.7. The molecule has 0 atom stereocenters. The highest BCUT2D eigenvalue weighted by molar-refractivity contribution is 5.94. The Kier molecular flexibility index (Phi) is 5.45. The summed E-state index contributed by atoms with van der Waals surface area (Å²) in [7, 11) is 3.17. The zero-order valence-electron chi connectivity index (χ0n) is 11.3. The number of amides is 1. The molecule has 1 rings (SSSR count). The Bertz CT molecular complexity index is 419. The van der Waals surface area contributed by atoms with Crippen molar-refractivity contribution in [2.24, 2.45) is 0 Å². The fraction of sp³-hybridized carbons (Fsp3) is 0.462. The van der Waals surface area contributed by atoms with Crippen LogP contribution in [0.3, 0.4) is 0 Å². The molecular weight excluding hydrogens is 232 g/mol. The zero-order valence-corrected chi connectivity index (χ0v) is 11.3. The maximum Gasteiger partial charge on any atom is 0.238 e. The molecule has 0 aliphatic heterocycles. The molecule has 0 saturated heterocycles. The van der Waals surface area contributed by atoms with Crippen LogP contribution in [0.1, 0.15) is 12.5 Å². The molecule has 5 heteroatoms. The van der Waals surface area contributed by atoms with Gasteiger partial charge in [0, 0.05) is 6.07 Å². The Hall–Kier alpha value is -1.75. The van der Waals surface area contributed by atoms with E-state index in [2.05, 4.69) is 10.6 Å². The van der Waals surface area contributed by atoms with Crippen molar-refractivity contribution in [2.45, 2.75) is 13.8 Å². The van der Waals surface area contributed by atoms with Crippen molar-refractivity contribution >= 4 is 11.6 Å². The molecule has 0 aliphatic rings. The van der Waals surface area contributed by atoms with Crippen molar-refractivity contribution in [1.82, 2.24) is 5.32 Å². The van der Waals surface area contributed by atoms with Crippen LogP contribution < -0.4 is 20.1 Å². The van der Waals surface area contributed by atoms with Gasteiger partial charge in [-0.2, -0.15) is 0 Å². The normalized spacial score (nSPS) is 10.0. The first kappa shape index (κ1) is 14.3. The van der Waals surface area contributed by atoms with Crippen LogP contribution in [-0.2, 0) is 4.79 Å². The molecule has 0 aliphatic carbocycles. The van der Waals surface area contributed by atoms with Crippen LogP contribution in [0.5, 0.6) is 11.5 Å². The van der Waals surface area contributed by atoms with E-state index >= 15 is 0 Å². The van der Waals surface area contributed by atoms with Gasteiger partial charge in [0.05, 0.1) is 26.5 Å². The Morgan fingerprint density at radius 1 is 1.22 bits per heavy atom. The van der Waals surface area contributed by atoms with E-state index in [-0.39, 0.29) is 12.5 Å². The van der Waals surface area contributed by atoms with E-state index in [1.54, 1.807) is 20.3 Å². The number of nitrogens with one attached hydrogen (secondary N) is 2. The standard InChI is InChI=1S/C13H20N2O3/c1-5-14-8-13(16)15-10-7-11(17-3)9(2)6-12(10)18-4/h6-7,14H,5,8H2,1-4H3,(H,15,16). The number of likely N-dealkylation sites (N-methyl/N-ethyl adjacent to an activating group) is 1. The van der Waals surface area contributed by atoms with E-state index in [0.29, 0.717) is 11.4 Å². The lowest BCUT2D eigenvalue weighted by Crippen LogP contribution is -2.27. The molecule has 18 heavy (non-hydrogen) atoms. The second kappa shape index (κ2) is 6.86. The van der Waals surface area contributed by atoms with Gasteiger partial charge in [-0.15, -0.1) is 0 Å². The van der Waals surface area contributed by atoms with Crippen LogP contribution in [0.4, 0.5) is 5.69 Å². The minimum absolute atomic E-state index is 0.110. The van der Waals surface area contributed by atoms with Crippen molar-refractivity contribution in [3.8, 4) is 11.5 Å². The Morgan fingerprint density at radius 2 is 1.89 bits per heavy atom. The highest BCUT2D eigenvalue weighted by atomic mass is 16.5. The molecule has 0 aromatic heterocycles. The fourth-order valence-corrected chi connectivity index (χ4v) is 1.58. The number of carbonyl (C=O) groups is 1. The molecular formula is C13H20N2O3. The lowest BCUT2D eigenvalue weighted by molar-refractivity contribution is -0.115.